The standard InChI is InChI=1S/C10H21FN2/c1-2-12-5-8-13(4-3-11,9-6-12)10-7-12/h2-10H2,1H3/q+2. The van der Waals surface area contributed by atoms with E-state index in [2.05, 4.69) is 6.92 Å². The van der Waals surface area contributed by atoms with Crippen LogP contribution in [0.25, 0.3) is 0 Å². The van der Waals surface area contributed by atoms with Gasteiger partial charge < -0.3 is 8.97 Å². The summed E-state index contributed by atoms with van der Waals surface area (Å²) in [7, 11) is 0. The van der Waals surface area contributed by atoms with Crippen LogP contribution >= 0.6 is 0 Å². The number of halogens is 1. The molecule has 3 saturated heterocycles. The summed E-state index contributed by atoms with van der Waals surface area (Å²) in [6, 6.07) is 0. The molecule has 0 unspecified atom stereocenters. The van der Waals surface area contributed by atoms with Crippen molar-refractivity contribution in [3.8, 4) is 0 Å². The van der Waals surface area contributed by atoms with Crippen molar-refractivity contribution in [2.24, 2.45) is 0 Å². The Balaban J connectivity index is 2.03. The normalized spacial score (nSPS) is 43.8. The molecular weight excluding hydrogens is 167 g/mol. The Morgan fingerprint density at radius 3 is 1.77 bits per heavy atom. The first kappa shape index (κ1) is 9.41. The molecule has 0 aromatic rings. The Bertz CT molecular complexity index is 169. The quantitative estimate of drug-likeness (QED) is 0.570. The second-order valence-corrected chi connectivity index (χ2v) is 4.75. The van der Waals surface area contributed by atoms with Gasteiger partial charge in [0.05, 0.1) is 6.54 Å². The van der Waals surface area contributed by atoms with Crippen LogP contribution < -0.4 is 0 Å². The number of nitrogens with zero attached hydrogens (tertiary/aromatic N) is 2. The van der Waals surface area contributed by atoms with Crippen LogP contribution in [-0.4, -0.2) is 68.0 Å². The SMILES string of the molecule is CC[N+]12CC[N+](CCF)(CC1)CC2. The van der Waals surface area contributed by atoms with E-state index in [1.165, 1.54) is 50.3 Å². The molecule has 0 radical (unpaired) electrons. The zero-order chi connectivity index (χ0) is 9.36. The van der Waals surface area contributed by atoms with Crippen LogP contribution in [0.1, 0.15) is 6.92 Å². The van der Waals surface area contributed by atoms with Gasteiger partial charge in [-0.3, -0.25) is 0 Å². The maximum Gasteiger partial charge on any atom is 0.138 e. The van der Waals surface area contributed by atoms with Gasteiger partial charge in [0.2, 0.25) is 0 Å². The predicted octanol–water partition coefficient (Wildman–Crippen LogP) is 0.637. The van der Waals surface area contributed by atoms with Gasteiger partial charge in [0, 0.05) is 0 Å². The molecule has 0 amide bonds. The van der Waals surface area contributed by atoms with Crippen molar-refractivity contribution < 1.29 is 13.4 Å². The van der Waals surface area contributed by atoms with E-state index in [-0.39, 0.29) is 6.67 Å². The molecule has 0 saturated carbocycles. The molecule has 0 atom stereocenters. The lowest BCUT2D eigenvalue weighted by Gasteiger charge is -2.55. The third-order valence-electron chi connectivity index (χ3n) is 4.38. The highest BCUT2D eigenvalue weighted by atomic mass is 19.1. The van der Waals surface area contributed by atoms with Gasteiger partial charge in [0.15, 0.2) is 0 Å². The van der Waals surface area contributed by atoms with Crippen molar-refractivity contribution in [2.75, 3.05) is 59.0 Å². The lowest BCUT2D eigenvalue weighted by molar-refractivity contribution is -1.08. The van der Waals surface area contributed by atoms with Crippen molar-refractivity contribution in [1.82, 2.24) is 0 Å². The van der Waals surface area contributed by atoms with Crippen LogP contribution in [0.15, 0.2) is 0 Å². The number of likely N-dealkylation sites (N-methyl/N-ethyl adjacent to an activating group) is 1. The van der Waals surface area contributed by atoms with E-state index >= 15 is 0 Å². The van der Waals surface area contributed by atoms with Crippen LogP contribution in [0.3, 0.4) is 0 Å². The Morgan fingerprint density at radius 2 is 1.38 bits per heavy atom. The fraction of sp³-hybridized carbons (Fsp3) is 1.00. The molecule has 0 aliphatic carbocycles. The minimum Gasteiger partial charge on any atom is -0.310 e. The molecule has 3 aliphatic rings. The van der Waals surface area contributed by atoms with Crippen LogP contribution in [0.4, 0.5) is 4.39 Å². The van der Waals surface area contributed by atoms with E-state index in [0.29, 0.717) is 0 Å². The average Bonchev–Trinajstić information content (AvgIpc) is 2.21. The van der Waals surface area contributed by atoms with Crippen molar-refractivity contribution in [1.29, 1.82) is 0 Å². The summed E-state index contributed by atoms with van der Waals surface area (Å²) in [5.74, 6) is 0. The van der Waals surface area contributed by atoms with Gasteiger partial charge in [-0.05, 0) is 6.92 Å². The maximum absolute atomic E-state index is 12.4. The monoisotopic (exact) mass is 188 g/mol. The maximum atomic E-state index is 12.4. The second-order valence-electron chi connectivity index (χ2n) is 4.75. The topological polar surface area (TPSA) is 0 Å². The zero-order valence-electron chi connectivity index (χ0n) is 8.64. The largest absolute Gasteiger partial charge is 0.310 e. The molecule has 76 valence electrons. The van der Waals surface area contributed by atoms with E-state index in [4.69, 9.17) is 0 Å². The lowest BCUT2D eigenvalue weighted by atomic mass is 10.1. The van der Waals surface area contributed by atoms with Crippen LogP contribution in [0, 0.1) is 0 Å². The molecule has 13 heavy (non-hydrogen) atoms. The molecule has 0 aromatic carbocycles. The fourth-order valence-electron chi connectivity index (χ4n) is 2.93. The van der Waals surface area contributed by atoms with Crippen LogP contribution in [-0.2, 0) is 0 Å². The molecule has 3 heterocycles. The summed E-state index contributed by atoms with van der Waals surface area (Å²) < 4.78 is 14.8. The summed E-state index contributed by atoms with van der Waals surface area (Å²) in [6.07, 6.45) is 0. The number of hydrogen-bond acceptors (Lipinski definition) is 0. The highest BCUT2D eigenvalue weighted by Crippen LogP contribution is 2.25. The van der Waals surface area contributed by atoms with Gasteiger partial charge in [-0.15, -0.1) is 0 Å². The zero-order valence-corrected chi connectivity index (χ0v) is 8.64. The second kappa shape index (κ2) is 3.21. The molecule has 0 N–H and O–H groups in total. The van der Waals surface area contributed by atoms with Gasteiger partial charge in [-0.2, -0.15) is 0 Å². The molecule has 3 fully saturated rings. The number of quaternary nitrogens is 2. The Labute approximate surface area is 80.1 Å². The summed E-state index contributed by atoms with van der Waals surface area (Å²) >= 11 is 0. The molecule has 3 aliphatic heterocycles. The third kappa shape index (κ3) is 1.48. The molecule has 0 spiro atoms. The Hall–Kier alpha value is -0.150. The third-order valence-corrected chi connectivity index (χ3v) is 4.38. The Kier molecular flexibility index (Phi) is 2.32. The molecule has 0 aromatic heterocycles. The number of fused-ring (bicyclic) bond motifs is 3. The summed E-state index contributed by atoms with van der Waals surface area (Å²) in [4.78, 5) is 0. The molecule has 2 nitrogen and oxygen atoms in total. The van der Waals surface area contributed by atoms with Gasteiger partial charge in [-0.25, -0.2) is 4.39 Å². The summed E-state index contributed by atoms with van der Waals surface area (Å²) in [5.41, 5.74) is 0. The highest BCUT2D eigenvalue weighted by Gasteiger charge is 2.47. The molecular formula is C10H21FN2+2. The van der Waals surface area contributed by atoms with Gasteiger partial charge >= 0.3 is 0 Å². The predicted molar refractivity (Wildman–Crippen MR) is 51.1 cm³/mol. The summed E-state index contributed by atoms with van der Waals surface area (Å²) in [5, 5.41) is 0. The Morgan fingerprint density at radius 1 is 0.923 bits per heavy atom. The summed E-state index contributed by atoms with van der Waals surface area (Å²) in [6.45, 7) is 11.7. The molecule has 3 rings (SSSR count). The van der Waals surface area contributed by atoms with Gasteiger partial charge in [0.25, 0.3) is 0 Å². The number of alkyl halides is 1. The first-order valence-corrected chi connectivity index (χ1v) is 5.50. The van der Waals surface area contributed by atoms with Crippen molar-refractivity contribution in [3.63, 3.8) is 0 Å². The van der Waals surface area contributed by atoms with E-state index in [1.807, 2.05) is 0 Å². The van der Waals surface area contributed by atoms with Crippen molar-refractivity contribution in [3.05, 3.63) is 0 Å². The fourth-order valence-corrected chi connectivity index (χ4v) is 2.93. The number of piperazine rings is 3. The van der Waals surface area contributed by atoms with Crippen molar-refractivity contribution in [2.45, 2.75) is 6.92 Å². The first-order chi connectivity index (χ1) is 6.24. The first-order valence-electron chi connectivity index (χ1n) is 5.50. The minimum atomic E-state index is -0.133. The highest BCUT2D eigenvalue weighted by molar-refractivity contribution is 4.61. The van der Waals surface area contributed by atoms with Gasteiger partial charge in [-0.1, -0.05) is 0 Å². The van der Waals surface area contributed by atoms with E-state index in [9.17, 15) is 4.39 Å². The van der Waals surface area contributed by atoms with E-state index in [0.717, 1.165) is 11.0 Å². The van der Waals surface area contributed by atoms with E-state index in [1.54, 1.807) is 0 Å². The lowest BCUT2D eigenvalue weighted by Crippen LogP contribution is -2.75. The van der Waals surface area contributed by atoms with Crippen molar-refractivity contribution >= 4 is 0 Å². The van der Waals surface area contributed by atoms with Crippen LogP contribution in [0.2, 0.25) is 0 Å². The molecule has 2 bridgehead atoms. The van der Waals surface area contributed by atoms with Gasteiger partial charge in [0.1, 0.15) is 52.5 Å². The number of hydrogen-bond donors (Lipinski definition) is 0. The average molecular weight is 188 g/mol. The number of rotatable bonds is 3. The minimum absolute atomic E-state index is 0.133. The molecule has 3 heteroatoms. The van der Waals surface area contributed by atoms with E-state index < -0.39 is 0 Å². The van der Waals surface area contributed by atoms with Crippen LogP contribution in [0.5, 0.6) is 0 Å². The smallest absolute Gasteiger partial charge is 0.138 e.